The van der Waals surface area contributed by atoms with E-state index in [0.717, 1.165) is 6.42 Å². The van der Waals surface area contributed by atoms with E-state index >= 15 is 0 Å². The number of nitrogens with one attached hydrogen (secondary N) is 1. The highest BCUT2D eigenvalue weighted by molar-refractivity contribution is 5.15. The van der Waals surface area contributed by atoms with E-state index in [4.69, 9.17) is 5.41 Å². The number of unbranched alkanes of at least 4 members (excludes halogenated alkanes) is 2. The SMILES string of the molecule is C=C.C=CCC.C=N.CC.CC.CC.CCCC.CCCC. The summed E-state index contributed by atoms with van der Waals surface area (Å²) in [7, 11) is 0. The van der Waals surface area contributed by atoms with Crippen molar-refractivity contribution < 1.29 is 0 Å². The molecule has 0 aliphatic rings. The second-order valence-corrected chi connectivity index (χ2v) is 2.70. The summed E-state index contributed by atoms with van der Waals surface area (Å²) in [5, 5.41) is 5.50. The first-order valence-corrected chi connectivity index (χ1v) is 9.21. The van der Waals surface area contributed by atoms with Crippen molar-refractivity contribution >= 4 is 6.72 Å². The third-order valence-electron chi connectivity index (χ3n) is 1.29. The van der Waals surface area contributed by atoms with Crippen LogP contribution in [0.5, 0.6) is 0 Å². The van der Waals surface area contributed by atoms with Crippen LogP contribution in [0.15, 0.2) is 25.8 Å². The second kappa shape index (κ2) is 279. The number of hydrogen-bond acceptors (Lipinski definition) is 1. The second-order valence-electron chi connectivity index (χ2n) is 2.70. The summed E-state index contributed by atoms with van der Waals surface area (Å²) < 4.78 is 0. The van der Waals surface area contributed by atoms with E-state index in [1.807, 2.05) is 47.6 Å². The monoisotopic (exact) mass is 319 g/mol. The Labute approximate surface area is 146 Å². The summed E-state index contributed by atoms with van der Waals surface area (Å²) in [6.45, 7) is 34.8. The lowest BCUT2D eigenvalue weighted by atomic mass is 10.4. The van der Waals surface area contributed by atoms with E-state index in [0.29, 0.717) is 0 Å². The minimum Gasteiger partial charge on any atom is -0.317 e. The van der Waals surface area contributed by atoms with Gasteiger partial charge in [0.15, 0.2) is 0 Å². The van der Waals surface area contributed by atoms with Crippen LogP contribution in [0.3, 0.4) is 0 Å². The molecular weight excluding hydrogens is 266 g/mol. The molecule has 0 aromatic rings. The van der Waals surface area contributed by atoms with Crippen LogP contribution >= 0.6 is 0 Å². The minimum absolute atomic E-state index is 1.08. The molecule has 1 N–H and O–H groups in total. The Balaban J connectivity index is -0.0000000175. The molecule has 1 nitrogen and oxygen atoms in total. The van der Waals surface area contributed by atoms with Crippen LogP contribution in [0.1, 0.15) is 108 Å². The Morgan fingerprint density at radius 3 is 0.682 bits per heavy atom. The molecule has 0 bridgehead atoms. The van der Waals surface area contributed by atoms with Gasteiger partial charge in [-0.25, -0.2) is 0 Å². The van der Waals surface area contributed by atoms with Gasteiger partial charge in [-0.05, 0) is 13.1 Å². The van der Waals surface area contributed by atoms with Crippen molar-refractivity contribution in [1.29, 1.82) is 5.41 Å². The lowest BCUT2D eigenvalue weighted by molar-refractivity contribution is 0.886. The zero-order valence-electron chi connectivity index (χ0n) is 18.4. The highest BCUT2D eigenvalue weighted by atomic mass is 14.2. The quantitative estimate of drug-likeness (QED) is 0.395. The molecule has 0 aromatic heterocycles. The molecule has 0 saturated carbocycles. The van der Waals surface area contributed by atoms with Gasteiger partial charge in [-0.3, -0.25) is 0 Å². The van der Waals surface area contributed by atoms with Gasteiger partial charge in [-0.1, -0.05) is 108 Å². The standard InChI is InChI=1S/2C4H10.C4H8.3C2H6.C2H4.CH3N/c3*1-3-4-2;5*1-2/h2*3-4H2,1-2H3;3H,1,4H2,2H3;3*1-2H3;1-2H2;2H,1H2. The van der Waals surface area contributed by atoms with E-state index in [1.54, 1.807) is 0 Å². The maximum atomic E-state index is 5.50. The molecule has 0 aliphatic heterocycles. The molecule has 0 rings (SSSR count). The summed E-state index contributed by atoms with van der Waals surface area (Å²) in [4.78, 5) is 0. The first-order chi connectivity index (χ1) is 10.7. The first-order valence-electron chi connectivity index (χ1n) is 9.21. The van der Waals surface area contributed by atoms with E-state index < -0.39 is 0 Å². The average Bonchev–Trinajstić information content (AvgIpc) is 2.69. The molecule has 22 heavy (non-hydrogen) atoms. The van der Waals surface area contributed by atoms with Crippen molar-refractivity contribution in [2.45, 2.75) is 108 Å². The van der Waals surface area contributed by atoms with Crippen LogP contribution in [0.4, 0.5) is 0 Å². The van der Waals surface area contributed by atoms with E-state index in [2.05, 4.69) is 61.1 Å². The number of allylic oxidation sites excluding steroid dienone is 1. The number of rotatable bonds is 3. The van der Waals surface area contributed by atoms with E-state index in [1.165, 1.54) is 25.7 Å². The molecule has 0 spiro atoms. The Morgan fingerprint density at radius 1 is 0.591 bits per heavy atom. The highest BCUT2D eigenvalue weighted by Crippen LogP contribution is 1.77. The normalized spacial score (nSPS) is 5.05. The van der Waals surface area contributed by atoms with Crippen LogP contribution in [-0.2, 0) is 0 Å². The van der Waals surface area contributed by atoms with Gasteiger partial charge >= 0.3 is 0 Å². The Morgan fingerprint density at radius 2 is 0.682 bits per heavy atom. The highest BCUT2D eigenvalue weighted by Gasteiger charge is 1.56. The third kappa shape index (κ3) is 1360. The van der Waals surface area contributed by atoms with Gasteiger partial charge in [0, 0.05) is 0 Å². The van der Waals surface area contributed by atoms with Crippen LogP contribution < -0.4 is 0 Å². The number of hydrogen-bond donors (Lipinski definition) is 1. The van der Waals surface area contributed by atoms with Gasteiger partial charge in [0.2, 0.25) is 0 Å². The molecule has 0 aliphatic carbocycles. The molecule has 0 radical (unpaired) electrons. The minimum atomic E-state index is 1.08. The van der Waals surface area contributed by atoms with Crippen molar-refractivity contribution in [3.8, 4) is 0 Å². The maximum absolute atomic E-state index is 5.50. The van der Waals surface area contributed by atoms with Crippen LogP contribution in [-0.4, -0.2) is 6.72 Å². The fourth-order valence-corrected chi connectivity index (χ4v) is 0. The molecule has 142 valence electrons. The molecule has 0 atom stereocenters. The first kappa shape index (κ1) is 49.7. The molecule has 0 unspecified atom stereocenters. The van der Waals surface area contributed by atoms with Gasteiger partial charge in [0.05, 0.1) is 0 Å². The Bertz CT molecular complexity index is 60.3. The molecule has 0 aromatic carbocycles. The predicted octanol–water partition coefficient (Wildman–Crippen LogP) is 9.34. The fourth-order valence-electron chi connectivity index (χ4n) is 0. The third-order valence-corrected chi connectivity index (χ3v) is 1.29. The van der Waals surface area contributed by atoms with Gasteiger partial charge in [0.1, 0.15) is 0 Å². The molecule has 0 amide bonds. The fraction of sp³-hybridized carbons (Fsp3) is 0.762. The van der Waals surface area contributed by atoms with E-state index in [-0.39, 0.29) is 0 Å². The summed E-state index contributed by atoms with van der Waals surface area (Å²) in [6.07, 6.45) is 8.24. The van der Waals surface area contributed by atoms with Crippen molar-refractivity contribution in [3.05, 3.63) is 25.8 Å². The van der Waals surface area contributed by atoms with Crippen LogP contribution in [0, 0.1) is 5.41 Å². The van der Waals surface area contributed by atoms with Gasteiger partial charge in [0.25, 0.3) is 0 Å². The summed E-state index contributed by atoms with van der Waals surface area (Å²) in [6, 6.07) is 0. The van der Waals surface area contributed by atoms with Gasteiger partial charge < -0.3 is 5.41 Å². The smallest absolute Gasteiger partial charge is 0.0187 e. The molecule has 0 fully saturated rings. The largest absolute Gasteiger partial charge is 0.317 e. The predicted molar refractivity (Wildman–Crippen MR) is 117 cm³/mol. The van der Waals surface area contributed by atoms with Crippen molar-refractivity contribution in [2.24, 2.45) is 0 Å². The van der Waals surface area contributed by atoms with Gasteiger partial charge in [-0.15, -0.1) is 19.7 Å². The molecule has 0 heterocycles. The Kier molecular flexibility index (Phi) is 629. The van der Waals surface area contributed by atoms with Crippen LogP contribution in [0.2, 0.25) is 0 Å². The van der Waals surface area contributed by atoms with Crippen LogP contribution in [0.25, 0.3) is 0 Å². The molecule has 1 heteroatoms. The molecule has 0 saturated heterocycles. The van der Waals surface area contributed by atoms with E-state index in [9.17, 15) is 0 Å². The summed E-state index contributed by atoms with van der Waals surface area (Å²) in [5.74, 6) is 0. The lowest BCUT2D eigenvalue weighted by Gasteiger charge is -1.68. The van der Waals surface area contributed by atoms with Crippen molar-refractivity contribution in [2.75, 3.05) is 0 Å². The zero-order chi connectivity index (χ0) is 20.2. The Hall–Kier alpha value is -0.850. The maximum Gasteiger partial charge on any atom is -0.0187 e. The van der Waals surface area contributed by atoms with Crippen molar-refractivity contribution in [3.63, 3.8) is 0 Å². The summed E-state index contributed by atoms with van der Waals surface area (Å²) in [5.41, 5.74) is 0. The van der Waals surface area contributed by atoms with Crippen molar-refractivity contribution in [1.82, 2.24) is 0 Å². The average molecular weight is 320 g/mol. The zero-order valence-corrected chi connectivity index (χ0v) is 18.4. The lowest BCUT2D eigenvalue weighted by Crippen LogP contribution is -1.47. The van der Waals surface area contributed by atoms with Gasteiger partial charge in [-0.2, -0.15) is 0 Å². The molecular formula is C21H53N. The summed E-state index contributed by atoms with van der Waals surface area (Å²) >= 11 is 0. The topological polar surface area (TPSA) is 23.9 Å².